The summed E-state index contributed by atoms with van der Waals surface area (Å²) in [7, 11) is 0. The highest BCUT2D eigenvalue weighted by molar-refractivity contribution is 5.38. The van der Waals surface area contributed by atoms with E-state index in [1.165, 1.54) is 12.1 Å². The van der Waals surface area contributed by atoms with Gasteiger partial charge in [-0.2, -0.15) is 0 Å². The van der Waals surface area contributed by atoms with Gasteiger partial charge in [-0.25, -0.2) is 0 Å². The number of aryl methyl sites for hydroxylation is 1. The van der Waals surface area contributed by atoms with Crippen molar-refractivity contribution in [3.05, 3.63) is 23.8 Å². The minimum atomic E-state index is -0.529. The summed E-state index contributed by atoms with van der Waals surface area (Å²) in [5, 5.41) is 38.4. The Morgan fingerprint density at radius 1 is 1.30 bits per heavy atom. The molecule has 0 saturated carbocycles. The molecule has 0 aromatic heterocycles. The summed E-state index contributed by atoms with van der Waals surface area (Å²) >= 11 is 0. The number of aliphatic hydroxyl groups is 2. The number of phenolic OH excluding ortho intramolecular Hbond substituents is 2. The van der Waals surface area contributed by atoms with E-state index in [-0.39, 0.29) is 23.7 Å². The van der Waals surface area contributed by atoms with Crippen molar-refractivity contribution < 1.29 is 25.2 Å². The molecule has 0 radical (unpaired) electrons. The van der Waals surface area contributed by atoms with E-state index >= 15 is 0 Å². The van der Waals surface area contributed by atoms with Gasteiger partial charge in [-0.05, 0) is 43.7 Å². The van der Waals surface area contributed by atoms with Crippen molar-refractivity contribution in [2.75, 3.05) is 6.61 Å². The topological polar surface area (TPSA) is 90.2 Å². The van der Waals surface area contributed by atoms with Gasteiger partial charge in [0.05, 0.1) is 18.3 Å². The molecule has 1 aliphatic rings. The first-order chi connectivity index (χ1) is 9.54. The van der Waals surface area contributed by atoms with Crippen LogP contribution in [-0.4, -0.2) is 45.3 Å². The molecule has 2 rings (SSSR count). The van der Waals surface area contributed by atoms with Crippen LogP contribution in [-0.2, 0) is 11.2 Å². The number of aliphatic hydroxyl groups excluding tert-OH is 2. The van der Waals surface area contributed by atoms with Crippen LogP contribution in [0.15, 0.2) is 18.2 Å². The van der Waals surface area contributed by atoms with Gasteiger partial charge in [-0.15, -0.1) is 0 Å². The zero-order valence-electron chi connectivity index (χ0n) is 11.4. The third-order valence-corrected chi connectivity index (χ3v) is 3.69. The Morgan fingerprint density at radius 2 is 2.10 bits per heavy atom. The van der Waals surface area contributed by atoms with Gasteiger partial charge in [0.2, 0.25) is 0 Å². The fourth-order valence-electron chi connectivity index (χ4n) is 2.53. The quantitative estimate of drug-likeness (QED) is 0.654. The van der Waals surface area contributed by atoms with E-state index in [1.54, 1.807) is 6.07 Å². The van der Waals surface area contributed by atoms with Crippen LogP contribution in [0, 0.1) is 0 Å². The van der Waals surface area contributed by atoms with Gasteiger partial charge in [0, 0.05) is 12.7 Å². The van der Waals surface area contributed by atoms with Crippen LogP contribution in [0.2, 0.25) is 0 Å². The van der Waals surface area contributed by atoms with E-state index in [2.05, 4.69) is 0 Å². The van der Waals surface area contributed by atoms with Gasteiger partial charge in [0.25, 0.3) is 0 Å². The molecule has 112 valence electrons. The Labute approximate surface area is 118 Å². The number of hydrogen-bond donors (Lipinski definition) is 4. The maximum Gasteiger partial charge on any atom is 0.122 e. The van der Waals surface area contributed by atoms with Crippen LogP contribution in [0.25, 0.3) is 0 Å². The molecule has 4 N–H and O–H groups in total. The van der Waals surface area contributed by atoms with Crippen LogP contribution >= 0.6 is 0 Å². The molecular formula is C15H22O5. The number of aromatic hydroxyl groups is 2. The summed E-state index contributed by atoms with van der Waals surface area (Å²) in [4.78, 5) is 0. The molecule has 0 amide bonds. The van der Waals surface area contributed by atoms with Crippen molar-refractivity contribution in [3.63, 3.8) is 0 Å². The second kappa shape index (κ2) is 6.92. The van der Waals surface area contributed by atoms with Crippen LogP contribution in [0.1, 0.15) is 31.2 Å². The van der Waals surface area contributed by atoms with Gasteiger partial charge in [0.15, 0.2) is 0 Å². The zero-order valence-corrected chi connectivity index (χ0v) is 11.4. The fourth-order valence-corrected chi connectivity index (χ4v) is 2.53. The molecule has 1 heterocycles. The zero-order chi connectivity index (χ0) is 14.5. The predicted molar refractivity (Wildman–Crippen MR) is 73.7 cm³/mol. The fraction of sp³-hybridized carbons (Fsp3) is 0.600. The molecule has 1 aromatic carbocycles. The number of phenols is 2. The van der Waals surface area contributed by atoms with Gasteiger partial charge < -0.3 is 25.2 Å². The summed E-state index contributed by atoms with van der Waals surface area (Å²) in [6.07, 6.45) is 1.81. The highest BCUT2D eigenvalue weighted by Crippen LogP contribution is 2.25. The molecule has 0 spiro atoms. The summed E-state index contributed by atoms with van der Waals surface area (Å²) in [5.41, 5.74) is 0.700. The lowest BCUT2D eigenvalue weighted by atomic mass is 9.97. The van der Waals surface area contributed by atoms with E-state index in [1.807, 2.05) is 0 Å². The average molecular weight is 282 g/mol. The number of hydrogen-bond acceptors (Lipinski definition) is 5. The van der Waals surface area contributed by atoms with Gasteiger partial charge in [-0.3, -0.25) is 0 Å². The van der Waals surface area contributed by atoms with E-state index in [0.717, 1.165) is 0 Å². The standard InChI is InChI=1S/C15H22O5/c16-11(7-14-8-13(18)5-6-20-14)3-1-10-2-4-12(17)9-15(10)19/h2,4,9,11,13-14,16-19H,1,3,5-8H2. The van der Waals surface area contributed by atoms with Gasteiger partial charge in [0.1, 0.15) is 11.5 Å². The Bertz CT molecular complexity index is 434. The highest BCUT2D eigenvalue weighted by Gasteiger charge is 2.23. The molecule has 0 bridgehead atoms. The molecule has 1 saturated heterocycles. The number of benzene rings is 1. The molecule has 5 heteroatoms. The van der Waals surface area contributed by atoms with Crippen molar-refractivity contribution in [3.8, 4) is 11.5 Å². The summed E-state index contributed by atoms with van der Waals surface area (Å²) in [6, 6.07) is 4.46. The predicted octanol–water partition coefficient (Wildman–Crippen LogP) is 1.32. The molecule has 1 aromatic rings. The van der Waals surface area contributed by atoms with Crippen molar-refractivity contribution in [2.45, 2.75) is 50.4 Å². The SMILES string of the molecule is Oc1ccc(CCC(O)CC2CC(O)CCO2)c(O)c1. The first-order valence-electron chi connectivity index (χ1n) is 7.03. The molecule has 3 unspecified atom stereocenters. The second-order valence-electron chi connectivity index (χ2n) is 5.41. The molecule has 1 aliphatic heterocycles. The summed E-state index contributed by atoms with van der Waals surface area (Å²) in [6.45, 7) is 0.539. The molecular weight excluding hydrogens is 260 g/mol. The van der Waals surface area contributed by atoms with Crippen LogP contribution < -0.4 is 0 Å². The minimum absolute atomic E-state index is 0.0244. The maximum absolute atomic E-state index is 10.0. The second-order valence-corrected chi connectivity index (χ2v) is 5.41. The minimum Gasteiger partial charge on any atom is -0.508 e. The maximum atomic E-state index is 10.0. The Hall–Kier alpha value is -1.30. The monoisotopic (exact) mass is 282 g/mol. The lowest BCUT2D eigenvalue weighted by molar-refractivity contribution is -0.0618. The molecule has 3 atom stereocenters. The number of rotatable bonds is 5. The first-order valence-corrected chi connectivity index (χ1v) is 7.03. The highest BCUT2D eigenvalue weighted by atomic mass is 16.5. The van der Waals surface area contributed by atoms with Crippen molar-refractivity contribution in [1.29, 1.82) is 0 Å². The largest absolute Gasteiger partial charge is 0.508 e. The molecule has 1 fully saturated rings. The normalized spacial score (nSPS) is 24.5. The lowest BCUT2D eigenvalue weighted by Gasteiger charge is -2.28. The van der Waals surface area contributed by atoms with Crippen molar-refractivity contribution in [1.82, 2.24) is 0 Å². The van der Waals surface area contributed by atoms with E-state index in [0.29, 0.717) is 44.3 Å². The number of ether oxygens (including phenoxy) is 1. The Kier molecular flexibility index (Phi) is 5.23. The van der Waals surface area contributed by atoms with E-state index < -0.39 is 6.10 Å². The average Bonchev–Trinajstić information content (AvgIpc) is 2.37. The smallest absolute Gasteiger partial charge is 0.122 e. The summed E-state index contributed by atoms with van der Waals surface area (Å²) < 4.78 is 5.51. The molecule has 0 aliphatic carbocycles. The summed E-state index contributed by atoms with van der Waals surface area (Å²) in [5.74, 6) is 0.0675. The van der Waals surface area contributed by atoms with Crippen molar-refractivity contribution in [2.24, 2.45) is 0 Å². The van der Waals surface area contributed by atoms with Crippen LogP contribution in [0.4, 0.5) is 0 Å². The molecule has 20 heavy (non-hydrogen) atoms. The molecule has 5 nitrogen and oxygen atoms in total. The Balaban J connectivity index is 1.78. The van der Waals surface area contributed by atoms with E-state index in [9.17, 15) is 20.4 Å². The third-order valence-electron chi connectivity index (χ3n) is 3.69. The van der Waals surface area contributed by atoms with Gasteiger partial charge >= 0.3 is 0 Å². The first kappa shape index (κ1) is 15.1. The lowest BCUT2D eigenvalue weighted by Crippen LogP contribution is -2.31. The Morgan fingerprint density at radius 3 is 2.80 bits per heavy atom. The van der Waals surface area contributed by atoms with E-state index in [4.69, 9.17) is 4.74 Å². The van der Waals surface area contributed by atoms with Crippen LogP contribution in [0.5, 0.6) is 11.5 Å². The van der Waals surface area contributed by atoms with Gasteiger partial charge in [-0.1, -0.05) is 6.07 Å². The van der Waals surface area contributed by atoms with Crippen molar-refractivity contribution >= 4 is 0 Å². The third kappa shape index (κ3) is 4.37. The van der Waals surface area contributed by atoms with Crippen LogP contribution in [0.3, 0.4) is 0 Å².